The third-order valence-electron chi connectivity index (χ3n) is 6.89. The fraction of sp³-hybridized carbons (Fsp3) is 0.895. The monoisotopic (exact) mass is 384 g/mol. The van der Waals surface area contributed by atoms with Gasteiger partial charge in [0.1, 0.15) is 0 Å². The van der Waals surface area contributed by atoms with Gasteiger partial charge in [0.15, 0.2) is 11.9 Å². The molecule has 152 valence electrons. The fourth-order valence-electron chi connectivity index (χ4n) is 5.40. The summed E-state index contributed by atoms with van der Waals surface area (Å²) in [5.74, 6) is -1.82. The Morgan fingerprint density at radius 1 is 1.11 bits per heavy atom. The summed E-state index contributed by atoms with van der Waals surface area (Å²) >= 11 is 0. The first-order valence-corrected chi connectivity index (χ1v) is 9.86. The van der Waals surface area contributed by atoms with Crippen molar-refractivity contribution in [3.05, 3.63) is 0 Å². The minimum Gasteiger partial charge on any atom is -0.481 e. The number of hydrogen-bond acceptors (Lipinski definition) is 7. The quantitative estimate of drug-likeness (QED) is 0.583. The van der Waals surface area contributed by atoms with Gasteiger partial charge in [-0.2, -0.15) is 0 Å². The van der Waals surface area contributed by atoms with E-state index in [9.17, 15) is 9.59 Å². The van der Waals surface area contributed by atoms with Crippen molar-refractivity contribution in [2.45, 2.75) is 83.3 Å². The van der Waals surface area contributed by atoms with E-state index >= 15 is 0 Å². The average molecular weight is 384 g/mol. The number of carboxylic acids is 1. The topological polar surface area (TPSA) is 101 Å². The zero-order chi connectivity index (χ0) is 19.4. The molecule has 1 aliphatic carbocycles. The van der Waals surface area contributed by atoms with E-state index in [1.165, 1.54) is 0 Å². The molecule has 27 heavy (non-hydrogen) atoms. The Morgan fingerprint density at radius 3 is 2.63 bits per heavy atom. The first kappa shape index (κ1) is 19.1. The van der Waals surface area contributed by atoms with Gasteiger partial charge < -0.3 is 19.3 Å². The predicted molar refractivity (Wildman–Crippen MR) is 89.8 cm³/mol. The van der Waals surface area contributed by atoms with Gasteiger partial charge in [0.2, 0.25) is 12.1 Å². The minimum absolute atomic E-state index is 0.0670. The summed E-state index contributed by atoms with van der Waals surface area (Å²) in [7, 11) is 0. The van der Waals surface area contributed by atoms with Gasteiger partial charge in [-0.15, -0.1) is 0 Å². The summed E-state index contributed by atoms with van der Waals surface area (Å²) in [6.07, 6.45) is 1.72. The van der Waals surface area contributed by atoms with Gasteiger partial charge in [-0.05, 0) is 38.0 Å². The van der Waals surface area contributed by atoms with Crippen LogP contribution in [0.15, 0.2) is 0 Å². The second-order valence-electron chi connectivity index (χ2n) is 8.66. The summed E-state index contributed by atoms with van der Waals surface area (Å²) in [6.45, 7) is 6.06. The maximum absolute atomic E-state index is 12.1. The van der Waals surface area contributed by atoms with Crippen LogP contribution >= 0.6 is 0 Å². The molecule has 1 N–H and O–H groups in total. The standard InChI is InChI=1S/C19H28O8/c1-10-4-5-13-11(2)16(23-15(22)7-6-14(20)21)24-17-19(13)12(10)8-9-18(3,25-17)26-27-19/h10-13,16-17H,4-9H2,1-3H3,(H,20,21)/t10-,11-,12?,13+,16+,17-,18+,19?/m1/s1. The van der Waals surface area contributed by atoms with Crippen LogP contribution in [-0.2, 0) is 33.6 Å². The number of esters is 1. The van der Waals surface area contributed by atoms with E-state index < -0.39 is 35.9 Å². The molecule has 0 aromatic carbocycles. The summed E-state index contributed by atoms with van der Waals surface area (Å²) in [5.41, 5.74) is -0.697. The lowest BCUT2D eigenvalue weighted by Crippen LogP contribution is -2.70. The highest BCUT2D eigenvalue weighted by Crippen LogP contribution is 2.60. The molecule has 1 spiro atoms. The highest BCUT2D eigenvalue weighted by molar-refractivity contribution is 5.76. The molecule has 4 heterocycles. The number of rotatable bonds is 4. The molecule has 0 aromatic heterocycles. The smallest absolute Gasteiger partial charge is 0.308 e. The Hall–Kier alpha value is -1.22. The van der Waals surface area contributed by atoms with E-state index in [0.717, 1.165) is 19.3 Å². The van der Waals surface area contributed by atoms with Crippen molar-refractivity contribution < 1.29 is 38.7 Å². The van der Waals surface area contributed by atoms with Crippen LogP contribution < -0.4 is 0 Å². The molecule has 0 amide bonds. The molecular formula is C19H28O8. The number of hydrogen-bond donors (Lipinski definition) is 1. The van der Waals surface area contributed by atoms with Gasteiger partial charge in [-0.25, -0.2) is 9.78 Å². The van der Waals surface area contributed by atoms with Crippen molar-refractivity contribution in [2.75, 3.05) is 0 Å². The molecule has 1 saturated carbocycles. The highest BCUT2D eigenvalue weighted by Gasteiger charge is 2.69. The van der Waals surface area contributed by atoms with Crippen LogP contribution in [0.3, 0.4) is 0 Å². The van der Waals surface area contributed by atoms with E-state index in [0.29, 0.717) is 12.3 Å². The van der Waals surface area contributed by atoms with Crippen LogP contribution in [0.25, 0.3) is 0 Å². The Labute approximate surface area is 158 Å². The van der Waals surface area contributed by atoms with E-state index in [1.807, 2.05) is 13.8 Å². The van der Waals surface area contributed by atoms with Crippen LogP contribution in [0.1, 0.15) is 59.3 Å². The van der Waals surface area contributed by atoms with E-state index in [-0.39, 0.29) is 30.6 Å². The van der Waals surface area contributed by atoms with Gasteiger partial charge in [0, 0.05) is 18.3 Å². The zero-order valence-corrected chi connectivity index (χ0v) is 16.0. The van der Waals surface area contributed by atoms with Gasteiger partial charge in [-0.3, -0.25) is 9.59 Å². The van der Waals surface area contributed by atoms with E-state index in [4.69, 9.17) is 29.1 Å². The highest BCUT2D eigenvalue weighted by atomic mass is 17.3. The molecule has 8 heteroatoms. The number of carbonyl (C=O) groups is 2. The van der Waals surface area contributed by atoms with Crippen LogP contribution in [0.2, 0.25) is 0 Å². The summed E-state index contributed by atoms with van der Waals surface area (Å²) < 4.78 is 17.8. The van der Waals surface area contributed by atoms with Gasteiger partial charge in [0.25, 0.3) is 0 Å². The molecular weight excluding hydrogens is 356 g/mol. The van der Waals surface area contributed by atoms with E-state index in [1.54, 1.807) is 0 Å². The first-order chi connectivity index (χ1) is 12.7. The minimum atomic E-state index is -1.03. The molecule has 4 saturated heterocycles. The number of fused-ring (bicyclic) bond motifs is 2. The third-order valence-corrected chi connectivity index (χ3v) is 6.89. The molecule has 2 unspecified atom stereocenters. The van der Waals surface area contributed by atoms with Crippen LogP contribution in [0, 0.1) is 23.7 Å². The van der Waals surface area contributed by atoms with Gasteiger partial charge >= 0.3 is 11.9 Å². The normalized spacial score (nSPS) is 48.4. The van der Waals surface area contributed by atoms with Crippen molar-refractivity contribution in [1.29, 1.82) is 0 Å². The summed E-state index contributed by atoms with van der Waals surface area (Å²) in [6, 6.07) is 0. The maximum atomic E-state index is 12.1. The zero-order valence-electron chi connectivity index (χ0n) is 16.0. The average Bonchev–Trinajstić information content (AvgIpc) is 2.84. The Bertz CT molecular complexity index is 623. The van der Waals surface area contributed by atoms with Crippen molar-refractivity contribution in [2.24, 2.45) is 23.7 Å². The number of aliphatic carboxylic acids is 1. The van der Waals surface area contributed by atoms with Crippen molar-refractivity contribution >= 4 is 11.9 Å². The van der Waals surface area contributed by atoms with Crippen LogP contribution in [0.5, 0.6) is 0 Å². The number of carbonyl (C=O) groups excluding carboxylic acids is 1. The maximum Gasteiger partial charge on any atom is 0.308 e. The van der Waals surface area contributed by atoms with Gasteiger partial charge in [-0.1, -0.05) is 13.8 Å². The fourth-order valence-corrected chi connectivity index (χ4v) is 5.40. The largest absolute Gasteiger partial charge is 0.481 e. The molecule has 5 rings (SSSR count). The number of ether oxygens (including phenoxy) is 3. The SMILES string of the molecule is C[C@H]1[C@@H](OC(=O)CCC(=O)O)O[C@@H]2O[C@]3(C)CCC4[C@H](C)CC[C@@H]1C42OO3. The second-order valence-corrected chi connectivity index (χ2v) is 8.66. The molecule has 8 atom stereocenters. The molecule has 5 aliphatic rings. The Morgan fingerprint density at radius 2 is 1.89 bits per heavy atom. The Balaban J connectivity index is 1.58. The molecule has 5 fully saturated rings. The molecule has 4 aliphatic heterocycles. The first-order valence-electron chi connectivity index (χ1n) is 9.86. The number of carboxylic acid groups (broad SMARTS) is 1. The van der Waals surface area contributed by atoms with Gasteiger partial charge in [0.05, 0.1) is 12.8 Å². The van der Waals surface area contributed by atoms with Crippen molar-refractivity contribution in [1.82, 2.24) is 0 Å². The molecule has 0 radical (unpaired) electrons. The summed E-state index contributed by atoms with van der Waals surface area (Å²) in [5, 5.41) is 8.76. The Kier molecular flexibility index (Phi) is 4.73. The molecule has 0 aromatic rings. The lowest BCUT2D eigenvalue weighted by molar-refractivity contribution is -0.576. The molecule has 2 bridgehead atoms. The van der Waals surface area contributed by atoms with E-state index in [2.05, 4.69) is 6.92 Å². The summed E-state index contributed by atoms with van der Waals surface area (Å²) in [4.78, 5) is 34.5. The van der Waals surface area contributed by atoms with Crippen LogP contribution in [0.4, 0.5) is 0 Å². The van der Waals surface area contributed by atoms with Crippen LogP contribution in [-0.4, -0.2) is 41.0 Å². The molecule has 8 nitrogen and oxygen atoms in total. The lowest BCUT2D eigenvalue weighted by atomic mass is 9.58. The van der Waals surface area contributed by atoms with Crippen molar-refractivity contribution in [3.8, 4) is 0 Å². The predicted octanol–water partition coefficient (Wildman–Crippen LogP) is 2.60. The third kappa shape index (κ3) is 3.06. The van der Waals surface area contributed by atoms with Crippen molar-refractivity contribution in [3.63, 3.8) is 0 Å². The lowest BCUT2D eigenvalue weighted by Gasteiger charge is -2.59. The second kappa shape index (κ2) is 6.69.